The summed E-state index contributed by atoms with van der Waals surface area (Å²) in [7, 11) is 1.66. The lowest BCUT2D eigenvalue weighted by atomic mass is 10.0. The Balaban J connectivity index is 1.50. The van der Waals surface area contributed by atoms with E-state index in [2.05, 4.69) is 6.92 Å². The first-order valence-electron chi connectivity index (χ1n) is 12.3. The number of ether oxygens (including phenoxy) is 3. The van der Waals surface area contributed by atoms with Gasteiger partial charge in [0.25, 0.3) is 0 Å². The number of rotatable bonds is 16. The number of aliphatic hydroxyl groups is 1. The molecule has 1 saturated heterocycles. The molecule has 0 radical (unpaired) electrons. The minimum atomic E-state index is -0.531. The molecule has 0 bridgehead atoms. The highest BCUT2D eigenvalue weighted by molar-refractivity contribution is 5.28. The van der Waals surface area contributed by atoms with Crippen LogP contribution in [0.15, 0.2) is 24.3 Å². The summed E-state index contributed by atoms with van der Waals surface area (Å²) >= 11 is 0. The molecule has 0 aliphatic carbocycles. The fraction of sp³-hybridized carbons (Fsp3) is 0.769. The number of hydrogen-bond acceptors (Lipinski definition) is 4. The third kappa shape index (κ3) is 9.80. The fourth-order valence-corrected chi connectivity index (χ4v) is 4.14. The lowest BCUT2D eigenvalue weighted by molar-refractivity contribution is -0.258. The van der Waals surface area contributed by atoms with Gasteiger partial charge in [0.05, 0.1) is 19.8 Å². The van der Waals surface area contributed by atoms with E-state index in [-0.39, 0.29) is 6.10 Å². The molecular weight excluding hydrogens is 376 g/mol. The average molecular weight is 421 g/mol. The van der Waals surface area contributed by atoms with Gasteiger partial charge in [0.1, 0.15) is 11.9 Å². The third-order valence-corrected chi connectivity index (χ3v) is 6.13. The average Bonchev–Trinajstić information content (AvgIpc) is 2.78. The van der Waals surface area contributed by atoms with E-state index in [1.54, 1.807) is 7.11 Å². The van der Waals surface area contributed by atoms with Gasteiger partial charge < -0.3 is 19.3 Å². The van der Waals surface area contributed by atoms with Crippen molar-refractivity contribution in [1.82, 2.24) is 0 Å². The van der Waals surface area contributed by atoms with Gasteiger partial charge in [0.2, 0.25) is 0 Å². The zero-order valence-electron chi connectivity index (χ0n) is 19.3. The van der Waals surface area contributed by atoms with Gasteiger partial charge in [-0.2, -0.15) is 0 Å². The van der Waals surface area contributed by atoms with Crippen molar-refractivity contribution in [3.63, 3.8) is 0 Å². The van der Waals surface area contributed by atoms with E-state index in [9.17, 15) is 5.11 Å². The quantitative estimate of drug-likeness (QED) is 0.294. The summed E-state index contributed by atoms with van der Waals surface area (Å²) in [5.74, 6) is 0.818. The molecule has 172 valence electrons. The lowest BCUT2D eigenvalue weighted by Crippen LogP contribution is -2.40. The zero-order valence-corrected chi connectivity index (χ0v) is 19.3. The molecule has 1 fully saturated rings. The second-order valence-corrected chi connectivity index (χ2v) is 8.71. The molecule has 1 aromatic carbocycles. The van der Waals surface area contributed by atoms with Crippen molar-refractivity contribution in [3.8, 4) is 5.75 Å². The van der Waals surface area contributed by atoms with E-state index in [0.717, 1.165) is 24.2 Å². The molecule has 30 heavy (non-hydrogen) atoms. The molecule has 0 aromatic heterocycles. The maximum absolute atomic E-state index is 10.2. The summed E-state index contributed by atoms with van der Waals surface area (Å²) in [4.78, 5) is 0. The van der Waals surface area contributed by atoms with Gasteiger partial charge in [-0.3, -0.25) is 0 Å². The Morgan fingerprint density at radius 1 is 0.833 bits per heavy atom. The van der Waals surface area contributed by atoms with Crippen LogP contribution in [0.4, 0.5) is 0 Å². The van der Waals surface area contributed by atoms with Crippen molar-refractivity contribution in [1.29, 1.82) is 0 Å². The van der Waals surface area contributed by atoms with Crippen LogP contribution in [0.3, 0.4) is 0 Å². The fourth-order valence-electron chi connectivity index (χ4n) is 4.14. The number of methoxy groups -OCH3 is 1. The largest absolute Gasteiger partial charge is 0.497 e. The van der Waals surface area contributed by atoms with Crippen LogP contribution in [-0.2, 0) is 9.47 Å². The highest BCUT2D eigenvalue weighted by atomic mass is 16.7. The van der Waals surface area contributed by atoms with Gasteiger partial charge in [0.15, 0.2) is 6.29 Å². The molecule has 1 N–H and O–H groups in total. The molecule has 1 unspecified atom stereocenters. The van der Waals surface area contributed by atoms with Crippen molar-refractivity contribution in [3.05, 3.63) is 29.8 Å². The first-order valence-corrected chi connectivity index (χ1v) is 12.3. The van der Waals surface area contributed by atoms with Crippen molar-refractivity contribution >= 4 is 0 Å². The van der Waals surface area contributed by atoms with Crippen LogP contribution in [0.5, 0.6) is 5.75 Å². The summed E-state index contributed by atoms with van der Waals surface area (Å²) in [6.07, 6.45) is 17.4. The Morgan fingerprint density at radius 3 is 1.90 bits per heavy atom. The van der Waals surface area contributed by atoms with Crippen LogP contribution in [0.25, 0.3) is 0 Å². The summed E-state index contributed by atoms with van der Waals surface area (Å²) in [5, 5.41) is 10.2. The van der Waals surface area contributed by atoms with E-state index < -0.39 is 12.4 Å². The maximum atomic E-state index is 10.2. The van der Waals surface area contributed by atoms with E-state index in [1.807, 2.05) is 24.3 Å². The first-order chi connectivity index (χ1) is 14.7. The van der Waals surface area contributed by atoms with Crippen molar-refractivity contribution in [2.45, 2.75) is 115 Å². The van der Waals surface area contributed by atoms with Gasteiger partial charge in [-0.25, -0.2) is 0 Å². The molecule has 1 aliphatic rings. The van der Waals surface area contributed by atoms with Gasteiger partial charge in [-0.15, -0.1) is 0 Å². The summed E-state index contributed by atoms with van der Waals surface area (Å²) < 4.78 is 16.9. The van der Waals surface area contributed by atoms with E-state index in [4.69, 9.17) is 14.2 Å². The molecule has 3 atom stereocenters. The van der Waals surface area contributed by atoms with Crippen LogP contribution in [0.1, 0.15) is 109 Å². The molecule has 1 aromatic rings. The number of hydrogen-bond donors (Lipinski definition) is 1. The van der Waals surface area contributed by atoms with Crippen molar-refractivity contribution < 1.29 is 19.3 Å². The SMILES string of the molecule is CCCCCCCCCCCCCCC[C@@H]1OC(c2ccc(OC)cc2)OC[C@H]1O. The van der Waals surface area contributed by atoms with Crippen molar-refractivity contribution in [2.75, 3.05) is 13.7 Å². The normalized spacial score (nSPS) is 21.6. The second kappa shape index (κ2) is 15.7. The molecule has 0 saturated carbocycles. The van der Waals surface area contributed by atoms with Crippen molar-refractivity contribution in [2.24, 2.45) is 0 Å². The Labute approximate surface area is 184 Å². The number of aliphatic hydroxyl groups excluding tert-OH is 1. The predicted molar refractivity (Wildman–Crippen MR) is 123 cm³/mol. The standard InChI is InChI=1S/C26H44O4/c1-3-4-5-6-7-8-9-10-11-12-13-14-15-16-25-24(27)21-29-26(30-25)22-17-19-23(28-2)20-18-22/h17-20,24-27H,3-16,21H2,1-2H3/t24-,25+,26?/m1/s1. The molecule has 4 heteroatoms. The lowest BCUT2D eigenvalue weighted by Gasteiger charge is -2.34. The smallest absolute Gasteiger partial charge is 0.184 e. The van der Waals surface area contributed by atoms with Crippen LogP contribution in [-0.4, -0.2) is 31.0 Å². The summed E-state index contributed by atoms with van der Waals surface area (Å²) in [6.45, 7) is 2.61. The van der Waals surface area contributed by atoms with Gasteiger partial charge in [-0.1, -0.05) is 103 Å². The number of unbranched alkanes of at least 4 members (excludes halogenated alkanes) is 12. The molecule has 0 amide bonds. The van der Waals surface area contributed by atoms with E-state index in [1.165, 1.54) is 77.0 Å². The Morgan fingerprint density at radius 2 is 1.37 bits per heavy atom. The highest BCUT2D eigenvalue weighted by Gasteiger charge is 2.31. The highest BCUT2D eigenvalue weighted by Crippen LogP contribution is 2.30. The predicted octanol–water partition coefficient (Wildman–Crippen LogP) is 6.95. The topological polar surface area (TPSA) is 47.9 Å². The Hall–Kier alpha value is -1.10. The number of benzene rings is 1. The Kier molecular flexibility index (Phi) is 13.1. The van der Waals surface area contributed by atoms with Gasteiger partial charge in [0, 0.05) is 5.56 Å². The molecule has 4 nitrogen and oxygen atoms in total. The second-order valence-electron chi connectivity index (χ2n) is 8.71. The van der Waals surface area contributed by atoms with Gasteiger partial charge >= 0.3 is 0 Å². The zero-order chi connectivity index (χ0) is 21.4. The molecule has 1 heterocycles. The van der Waals surface area contributed by atoms with Gasteiger partial charge in [-0.05, 0) is 18.6 Å². The summed E-state index contributed by atoms with van der Waals surface area (Å²) in [5.41, 5.74) is 0.970. The maximum Gasteiger partial charge on any atom is 0.184 e. The van der Waals surface area contributed by atoms with E-state index >= 15 is 0 Å². The first kappa shape index (κ1) is 25.2. The van der Waals surface area contributed by atoms with Crippen LogP contribution in [0, 0.1) is 0 Å². The minimum Gasteiger partial charge on any atom is -0.497 e. The summed E-state index contributed by atoms with van der Waals surface area (Å²) in [6, 6.07) is 7.75. The van der Waals surface area contributed by atoms with Crippen LogP contribution < -0.4 is 4.74 Å². The molecule has 0 spiro atoms. The minimum absolute atomic E-state index is 0.140. The monoisotopic (exact) mass is 420 g/mol. The molecule has 2 rings (SSSR count). The van der Waals surface area contributed by atoms with Crippen LogP contribution >= 0.6 is 0 Å². The van der Waals surface area contributed by atoms with Crippen LogP contribution in [0.2, 0.25) is 0 Å². The Bertz CT molecular complexity index is 530. The van der Waals surface area contributed by atoms with E-state index in [0.29, 0.717) is 6.61 Å². The molecule has 1 aliphatic heterocycles. The molecular formula is C26H44O4. The third-order valence-electron chi connectivity index (χ3n) is 6.13.